The number of aryl methyl sites for hydroxylation is 1. The van der Waals surface area contributed by atoms with E-state index in [2.05, 4.69) is 70.0 Å². The van der Waals surface area contributed by atoms with Crippen LogP contribution in [0.3, 0.4) is 0 Å². The van der Waals surface area contributed by atoms with Crippen molar-refractivity contribution >= 4 is 46.1 Å². The second-order valence-corrected chi connectivity index (χ2v) is 15.8. The lowest BCUT2D eigenvalue weighted by molar-refractivity contribution is -0.136. The van der Waals surface area contributed by atoms with Crippen molar-refractivity contribution in [2.24, 2.45) is 11.8 Å². The molecule has 57 heavy (non-hydrogen) atoms. The number of aromatic nitrogens is 4. The number of amides is 4. The highest BCUT2D eigenvalue weighted by Crippen LogP contribution is 2.36. The lowest BCUT2D eigenvalue weighted by atomic mass is 9.95. The van der Waals surface area contributed by atoms with Crippen molar-refractivity contribution in [2.75, 3.05) is 27.3 Å². The summed E-state index contributed by atoms with van der Waals surface area (Å²) in [5.41, 5.74) is 8.80. The van der Waals surface area contributed by atoms with Crippen molar-refractivity contribution in [3.8, 4) is 22.3 Å². The predicted molar refractivity (Wildman–Crippen MR) is 217 cm³/mol. The van der Waals surface area contributed by atoms with Crippen molar-refractivity contribution in [3.63, 3.8) is 0 Å². The number of nitrogens with one attached hydrogen (secondary N) is 4. The van der Waals surface area contributed by atoms with Crippen LogP contribution in [-0.2, 0) is 19.1 Å². The van der Waals surface area contributed by atoms with Gasteiger partial charge in [0.15, 0.2) is 0 Å². The minimum absolute atomic E-state index is 0.110. The standard InChI is InChI=1S/C43H52N8O6/c1-23(2)36(48-42(54)56-6)40(52)50-18-8-10-34(50)38-44-30-16-13-27(21-32(30)46-38)26-12-15-29(25(5)20-26)28-14-17-31-33(22-28)47-39(45-31)35-11-9-19-51(35)41(53)37(24(3)4)49-43(55)57-7/h12-17,20-24,34-37H,8-11,18-19H2,1-7H3,(H,44,46)(H,45,47)(H,48,54)(H,49,55)/t34?,35?,36?,37-/m0/s1. The summed E-state index contributed by atoms with van der Waals surface area (Å²) in [5, 5.41) is 5.42. The monoisotopic (exact) mass is 776 g/mol. The molecule has 7 rings (SSSR count). The Kier molecular flexibility index (Phi) is 11.2. The lowest BCUT2D eigenvalue weighted by Crippen LogP contribution is -2.51. The molecular formula is C43H52N8O6. The molecule has 2 aliphatic heterocycles. The van der Waals surface area contributed by atoms with Crippen molar-refractivity contribution in [1.82, 2.24) is 40.4 Å². The second kappa shape index (κ2) is 16.3. The number of carbonyl (C=O) groups is 4. The molecule has 0 bridgehead atoms. The fourth-order valence-corrected chi connectivity index (χ4v) is 8.27. The zero-order valence-corrected chi connectivity index (χ0v) is 33.6. The molecule has 3 unspecified atom stereocenters. The van der Waals surface area contributed by atoms with Gasteiger partial charge in [0, 0.05) is 13.1 Å². The van der Waals surface area contributed by atoms with E-state index in [0.717, 1.165) is 87.2 Å². The number of alkyl carbamates (subject to hydrolysis) is 2. The molecule has 4 amide bonds. The number of benzene rings is 3. The molecule has 2 fully saturated rings. The molecule has 0 saturated carbocycles. The zero-order valence-electron chi connectivity index (χ0n) is 33.6. The lowest BCUT2D eigenvalue weighted by Gasteiger charge is -2.29. The first-order chi connectivity index (χ1) is 27.4. The summed E-state index contributed by atoms with van der Waals surface area (Å²) < 4.78 is 9.55. The summed E-state index contributed by atoms with van der Waals surface area (Å²) in [4.78, 5) is 71.8. The Balaban J connectivity index is 1.09. The van der Waals surface area contributed by atoms with Crippen LogP contribution in [0.4, 0.5) is 9.59 Å². The molecule has 0 radical (unpaired) electrons. The van der Waals surface area contributed by atoms with Crippen molar-refractivity contribution in [2.45, 2.75) is 84.5 Å². The maximum Gasteiger partial charge on any atom is 0.407 e. The quantitative estimate of drug-likeness (QED) is 0.116. The Bertz CT molecular complexity index is 2310. The highest BCUT2D eigenvalue weighted by atomic mass is 16.5. The van der Waals surface area contributed by atoms with Gasteiger partial charge in [-0.05, 0) is 96.5 Å². The van der Waals surface area contributed by atoms with Gasteiger partial charge in [0.25, 0.3) is 0 Å². The number of carbonyl (C=O) groups excluding carboxylic acids is 4. The smallest absolute Gasteiger partial charge is 0.407 e. The van der Waals surface area contributed by atoms with E-state index < -0.39 is 24.3 Å². The van der Waals surface area contributed by atoms with Gasteiger partial charge in [-0.1, -0.05) is 58.0 Å². The number of methoxy groups -OCH3 is 2. The van der Waals surface area contributed by atoms with Gasteiger partial charge in [-0.15, -0.1) is 0 Å². The van der Waals surface area contributed by atoms with E-state index in [1.807, 2.05) is 49.6 Å². The van der Waals surface area contributed by atoms with Crippen LogP contribution in [-0.4, -0.2) is 93.1 Å². The van der Waals surface area contributed by atoms with Gasteiger partial charge in [0.1, 0.15) is 23.7 Å². The topological polar surface area (TPSA) is 175 Å². The number of hydrogen-bond acceptors (Lipinski definition) is 8. The van der Waals surface area contributed by atoms with Gasteiger partial charge in [0.2, 0.25) is 11.8 Å². The third-order valence-electron chi connectivity index (χ3n) is 11.4. The van der Waals surface area contributed by atoms with E-state index in [4.69, 9.17) is 19.4 Å². The molecule has 0 spiro atoms. The van der Waals surface area contributed by atoms with Gasteiger partial charge in [-0.3, -0.25) is 9.59 Å². The van der Waals surface area contributed by atoms with Gasteiger partial charge in [-0.25, -0.2) is 19.6 Å². The van der Waals surface area contributed by atoms with Gasteiger partial charge in [-0.2, -0.15) is 0 Å². The van der Waals surface area contributed by atoms with Gasteiger partial charge >= 0.3 is 12.2 Å². The number of fused-ring (bicyclic) bond motifs is 2. The van der Waals surface area contributed by atoms with Crippen LogP contribution in [0.5, 0.6) is 0 Å². The number of aromatic amines is 2. The van der Waals surface area contributed by atoms with E-state index >= 15 is 0 Å². The summed E-state index contributed by atoms with van der Waals surface area (Å²) in [5.74, 6) is 0.976. The summed E-state index contributed by atoms with van der Waals surface area (Å²) in [6.07, 6.45) is 2.00. The summed E-state index contributed by atoms with van der Waals surface area (Å²) >= 11 is 0. The zero-order chi connectivity index (χ0) is 40.5. The first kappa shape index (κ1) is 39.3. The summed E-state index contributed by atoms with van der Waals surface area (Å²) in [6.45, 7) is 10.9. The Morgan fingerprint density at radius 1 is 0.667 bits per heavy atom. The first-order valence-corrected chi connectivity index (χ1v) is 19.8. The number of likely N-dealkylation sites (tertiary alicyclic amines) is 2. The van der Waals surface area contributed by atoms with E-state index in [9.17, 15) is 19.2 Å². The molecule has 0 aliphatic carbocycles. The van der Waals surface area contributed by atoms with Crippen molar-refractivity contribution < 1.29 is 28.7 Å². The molecular weight excluding hydrogens is 725 g/mol. The van der Waals surface area contributed by atoms with Crippen LogP contribution in [0.15, 0.2) is 54.6 Å². The number of imidazole rings is 2. The SMILES string of the molecule is COC(=O)NC(C(=O)N1CCCC1c1nc2ccc(-c3ccc(-c4ccc5nc(C6CCCN6C(=O)[C@@H](NC(=O)OC)C(C)C)[nH]c5c4)c(C)c3)cc2[nH]1)C(C)C. The Morgan fingerprint density at radius 2 is 1.11 bits per heavy atom. The minimum Gasteiger partial charge on any atom is -0.453 e. The van der Waals surface area contributed by atoms with Crippen LogP contribution >= 0.6 is 0 Å². The Morgan fingerprint density at radius 3 is 1.56 bits per heavy atom. The maximum absolute atomic E-state index is 13.7. The number of hydrogen-bond donors (Lipinski definition) is 4. The highest BCUT2D eigenvalue weighted by Gasteiger charge is 2.39. The van der Waals surface area contributed by atoms with Crippen molar-refractivity contribution in [3.05, 3.63) is 71.8 Å². The molecule has 4 atom stereocenters. The van der Waals surface area contributed by atoms with Crippen molar-refractivity contribution in [1.29, 1.82) is 0 Å². The maximum atomic E-state index is 13.7. The molecule has 2 aromatic heterocycles. The molecule has 300 valence electrons. The average Bonchev–Trinajstić information content (AvgIpc) is 4.03. The Hall–Kier alpha value is -5.92. The molecule has 14 heteroatoms. The molecule has 5 aromatic rings. The van der Waals surface area contributed by atoms with Crippen LogP contribution in [0.2, 0.25) is 0 Å². The number of H-pyrrole nitrogens is 2. The van der Waals surface area contributed by atoms with E-state index in [1.54, 1.807) is 0 Å². The highest BCUT2D eigenvalue weighted by molar-refractivity contribution is 5.89. The largest absolute Gasteiger partial charge is 0.453 e. The normalized spacial score (nSPS) is 18.1. The molecule has 2 saturated heterocycles. The van der Waals surface area contributed by atoms with E-state index in [1.165, 1.54) is 14.2 Å². The van der Waals surface area contributed by atoms with Crippen LogP contribution in [0.25, 0.3) is 44.3 Å². The molecule has 14 nitrogen and oxygen atoms in total. The molecule has 4 N–H and O–H groups in total. The number of ether oxygens (including phenoxy) is 2. The fourth-order valence-electron chi connectivity index (χ4n) is 8.27. The van der Waals surface area contributed by atoms with Crippen LogP contribution in [0.1, 0.15) is 82.7 Å². The molecule has 4 heterocycles. The third kappa shape index (κ3) is 7.90. The minimum atomic E-state index is -0.694. The van der Waals surface area contributed by atoms with E-state index in [-0.39, 0.29) is 35.7 Å². The first-order valence-electron chi connectivity index (χ1n) is 19.8. The molecule has 2 aliphatic rings. The van der Waals surface area contributed by atoms with Gasteiger partial charge < -0.3 is 39.9 Å². The number of rotatable bonds is 10. The average molecular weight is 777 g/mol. The summed E-state index contributed by atoms with van der Waals surface area (Å²) in [6, 6.07) is 17.0. The molecule has 3 aromatic carbocycles. The third-order valence-corrected chi connectivity index (χ3v) is 11.4. The van der Waals surface area contributed by atoms with Crippen LogP contribution < -0.4 is 10.6 Å². The predicted octanol–water partition coefficient (Wildman–Crippen LogP) is 7.17. The van der Waals surface area contributed by atoms with Gasteiger partial charge in [0.05, 0.1) is 48.4 Å². The number of nitrogens with zero attached hydrogens (tertiary/aromatic N) is 4. The van der Waals surface area contributed by atoms with Crippen LogP contribution in [0, 0.1) is 18.8 Å². The second-order valence-electron chi connectivity index (χ2n) is 15.8. The van der Waals surface area contributed by atoms with E-state index in [0.29, 0.717) is 13.1 Å². The fraction of sp³-hybridized carbons (Fsp3) is 0.442. The Labute approximate surface area is 332 Å². The summed E-state index contributed by atoms with van der Waals surface area (Å²) in [7, 11) is 2.59.